The van der Waals surface area contributed by atoms with Crippen molar-refractivity contribution < 1.29 is 24.7 Å². The first kappa shape index (κ1) is 21.1. The molecule has 1 fully saturated rings. The van der Waals surface area contributed by atoms with E-state index in [4.69, 9.17) is 10.4 Å². The van der Waals surface area contributed by atoms with Gasteiger partial charge >= 0.3 is 7.12 Å². The van der Waals surface area contributed by atoms with Crippen molar-refractivity contribution in [3.05, 3.63) is 29.3 Å². The van der Waals surface area contributed by atoms with Crippen molar-refractivity contribution in [2.75, 3.05) is 13.1 Å². The monoisotopic (exact) mass is 391 g/mol. The van der Waals surface area contributed by atoms with Gasteiger partial charge in [0.05, 0.1) is 5.94 Å². The number of hydrogen-bond donors (Lipinski definition) is 6. The van der Waals surface area contributed by atoms with Crippen LogP contribution in [-0.4, -0.2) is 53.3 Å². The zero-order valence-corrected chi connectivity index (χ0v) is 16.0. The molecule has 0 bridgehead atoms. The third-order valence-electron chi connectivity index (χ3n) is 5.67. The molecule has 1 atom stereocenters. The first-order valence-electron chi connectivity index (χ1n) is 10.0. The van der Waals surface area contributed by atoms with Gasteiger partial charge in [-0.3, -0.25) is 4.79 Å². The van der Waals surface area contributed by atoms with Gasteiger partial charge in [-0.15, -0.1) is 0 Å². The van der Waals surface area contributed by atoms with E-state index in [-0.39, 0.29) is 17.2 Å². The molecule has 0 saturated heterocycles. The molecule has 0 radical (unpaired) electrons. The number of carbonyl (C=O) groups excluding carboxylic acids is 1. The number of para-hydroxylation sites is 1. The van der Waals surface area contributed by atoms with Crippen LogP contribution in [-0.2, 0) is 11.2 Å². The summed E-state index contributed by atoms with van der Waals surface area (Å²) in [6, 6.07) is 5.52. The summed E-state index contributed by atoms with van der Waals surface area (Å²) in [5.41, 5.74) is 6.46. The van der Waals surface area contributed by atoms with E-state index in [9.17, 15) is 20.0 Å². The molecule has 1 amide bonds. The normalized spacial score (nSPS) is 24.6. The van der Waals surface area contributed by atoms with Crippen LogP contribution < -0.4 is 21.0 Å². The number of aliphatic hydroxyl groups is 2. The Labute approximate surface area is 165 Å². The molecule has 154 valence electrons. The van der Waals surface area contributed by atoms with E-state index in [1.165, 1.54) is 6.07 Å². The SMILES string of the molecule is NCCNC1CCC(CC(=O)NC2Cc3cccc(C(O)O)c3OB2O)CC1. The standard InChI is InChI=1S/C19H30BN3O5/c21-8-9-22-14-6-4-12(5-7-14)10-17(24)23-16-11-13-2-1-3-15(19(25)26)18(13)28-20(16)27/h1-3,12,14,16,19,22,25-27H,4-11,21H2,(H,23,24). The van der Waals surface area contributed by atoms with Crippen molar-refractivity contribution in [3.63, 3.8) is 0 Å². The molecule has 8 nitrogen and oxygen atoms in total. The van der Waals surface area contributed by atoms with Crippen LogP contribution in [0.4, 0.5) is 0 Å². The summed E-state index contributed by atoms with van der Waals surface area (Å²) < 4.78 is 5.48. The lowest BCUT2D eigenvalue weighted by molar-refractivity contribution is -0.122. The molecule has 1 saturated carbocycles. The molecule has 1 unspecified atom stereocenters. The minimum atomic E-state index is -1.68. The Bertz CT molecular complexity index is 667. The average Bonchev–Trinajstić information content (AvgIpc) is 2.67. The van der Waals surface area contributed by atoms with Gasteiger partial charge in [-0.25, -0.2) is 0 Å². The van der Waals surface area contributed by atoms with Crippen LogP contribution in [0, 0.1) is 5.92 Å². The van der Waals surface area contributed by atoms with E-state index >= 15 is 0 Å². The number of fused-ring (bicyclic) bond motifs is 1. The fraction of sp³-hybridized carbons (Fsp3) is 0.632. The molecule has 0 spiro atoms. The third kappa shape index (κ3) is 5.24. The molecule has 1 aromatic rings. The molecule has 1 heterocycles. The van der Waals surface area contributed by atoms with Crippen LogP contribution in [0.5, 0.6) is 5.75 Å². The zero-order chi connectivity index (χ0) is 20.1. The highest BCUT2D eigenvalue weighted by Gasteiger charge is 2.37. The molecule has 2 aliphatic rings. The fourth-order valence-electron chi connectivity index (χ4n) is 4.16. The summed E-state index contributed by atoms with van der Waals surface area (Å²) in [5, 5.41) is 35.5. The van der Waals surface area contributed by atoms with Crippen molar-refractivity contribution >= 4 is 13.0 Å². The van der Waals surface area contributed by atoms with Gasteiger partial charge in [-0.1, -0.05) is 18.2 Å². The summed E-state index contributed by atoms with van der Waals surface area (Å²) in [6.07, 6.45) is 3.23. The minimum absolute atomic E-state index is 0.0900. The molecule has 7 N–H and O–H groups in total. The van der Waals surface area contributed by atoms with Crippen molar-refractivity contribution in [1.82, 2.24) is 10.6 Å². The predicted molar refractivity (Wildman–Crippen MR) is 105 cm³/mol. The molecule has 1 aliphatic carbocycles. The topological polar surface area (TPSA) is 137 Å². The second-order valence-corrected chi connectivity index (χ2v) is 7.76. The Hall–Kier alpha value is -1.65. The van der Waals surface area contributed by atoms with E-state index in [1.807, 2.05) is 0 Å². The molecule has 1 aromatic carbocycles. The van der Waals surface area contributed by atoms with Gasteiger partial charge in [0.1, 0.15) is 5.75 Å². The summed E-state index contributed by atoms with van der Waals surface area (Å²) in [6.45, 7) is 1.46. The molecular formula is C19H30BN3O5. The average molecular weight is 391 g/mol. The van der Waals surface area contributed by atoms with Crippen LogP contribution in [0.25, 0.3) is 0 Å². The molecule has 3 rings (SSSR count). The molecule has 9 heteroatoms. The number of carbonyl (C=O) groups is 1. The molecule has 28 heavy (non-hydrogen) atoms. The highest BCUT2D eigenvalue weighted by Crippen LogP contribution is 2.33. The van der Waals surface area contributed by atoms with Crippen LogP contribution in [0.3, 0.4) is 0 Å². The van der Waals surface area contributed by atoms with Gasteiger partial charge in [0.2, 0.25) is 5.91 Å². The highest BCUT2D eigenvalue weighted by molar-refractivity contribution is 6.46. The summed E-state index contributed by atoms with van der Waals surface area (Å²) in [4.78, 5) is 12.5. The summed E-state index contributed by atoms with van der Waals surface area (Å²) in [7, 11) is -1.23. The van der Waals surface area contributed by atoms with Crippen molar-refractivity contribution in [3.8, 4) is 5.75 Å². The first-order valence-corrected chi connectivity index (χ1v) is 10.0. The lowest BCUT2D eigenvalue weighted by atomic mass is 9.72. The van der Waals surface area contributed by atoms with E-state index < -0.39 is 19.3 Å². The van der Waals surface area contributed by atoms with Crippen molar-refractivity contribution in [2.45, 2.75) is 56.8 Å². The number of benzene rings is 1. The first-order chi connectivity index (χ1) is 13.5. The Balaban J connectivity index is 1.51. The number of rotatable bonds is 7. The van der Waals surface area contributed by atoms with Crippen molar-refractivity contribution in [2.24, 2.45) is 11.7 Å². The van der Waals surface area contributed by atoms with Crippen LogP contribution in [0.1, 0.15) is 49.5 Å². The molecular weight excluding hydrogens is 361 g/mol. The van der Waals surface area contributed by atoms with Gasteiger partial charge in [0.25, 0.3) is 0 Å². The number of nitrogens with two attached hydrogens (primary N) is 1. The van der Waals surface area contributed by atoms with Gasteiger partial charge in [0, 0.05) is 31.1 Å². The number of hydrogen-bond acceptors (Lipinski definition) is 7. The van der Waals surface area contributed by atoms with Gasteiger partial charge in [0.15, 0.2) is 6.29 Å². The van der Waals surface area contributed by atoms with Gasteiger partial charge in [-0.2, -0.15) is 0 Å². The number of nitrogens with one attached hydrogen (secondary N) is 2. The predicted octanol–water partition coefficient (Wildman–Crippen LogP) is -0.394. The van der Waals surface area contributed by atoms with Crippen LogP contribution in [0.15, 0.2) is 18.2 Å². The second kappa shape index (κ2) is 9.71. The van der Waals surface area contributed by atoms with E-state index in [2.05, 4.69) is 10.6 Å². The van der Waals surface area contributed by atoms with E-state index in [0.29, 0.717) is 31.3 Å². The molecule has 1 aliphatic heterocycles. The van der Waals surface area contributed by atoms with E-state index in [1.54, 1.807) is 12.1 Å². The van der Waals surface area contributed by atoms with E-state index in [0.717, 1.165) is 37.8 Å². The van der Waals surface area contributed by atoms with Crippen LogP contribution in [0.2, 0.25) is 0 Å². The third-order valence-corrected chi connectivity index (χ3v) is 5.67. The zero-order valence-electron chi connectivity index (χ0n) is 16.0. The maximum atomic E-state index is 12.5. The van der Waals surface area contributed by atoms with Crippen LogP contribution >= 0.6 is 0 Å². The summed E-state index contributed by atoms with van der Waals surface area (Å²) in [5.74, 6) is -0.0266. The second-order valence-electron chi connectivity index (χ2n) is 7.76. The Morgan fingerprint density at radius 2 is 2.04 bits per heavy atom. The van der Waals surface area contributed by atoms with Gasteiger partial charge in [-0.05, 0) is 43.6 Å². The lowest BCUT2D eigenvalue weighted by Gasteiger charge is -2.31. The Morgan fingerprint density at radius 1 is 1.29 bits per heavy atom. The van der Waals surface area contributed by atoms with Gasteiger partial charge < -0.3 is 36.3 Å². The number of amides is 1. The maximum Gasteiger partial charge on any atom is 0.547 e. The Kier molecular flexibility index (Phi) is 7.31. The summed E-state index contributed by atoms with van der Waals surface area (Å²) >= 11 is 0. The largest absolute Gasteiger partial charge is 0.547 e. The maximum absolute atomic E-state index is 12.5. The quantitative estimate of drug-likeness (QED) is 0.275. The highest BCUT2D eigenvalue weighted by atomic mass is 16.5. The lowest BCUT2D eigenvalue weighted by Crippen LogP contribution is -2.53. The smallest absolute Gasteiger partial charge is 0.534 e. The molecule has 0 aromatic heterocycles. The fourth-order valence-corrected chi connectivity index (χ4v) is 4.16. The minimum Gasteiger partial charge on any atom is -0.534 e. The van der Waals surface area contributed by atoms with Crippen molar-refractivity contribution in [1.29, 1.82) is 0 Å². The Morgan fingerprint density at radius 3 is 2.71 bits per heavy atom. The number of aliphatic hydroxyl groups excluding tert-OH is 1.